The lowest BCUT2D eigenvalue weighted by molar-refractivity contribution is 0.324. The molecular weight excluding hydrogens is 246 g/mol. The zero-order valence-corrected chi connectivity index (χ0v) is 11.5. The van der Waals surface area contributed by atoms with Gasteiger partial charge in [-0.2, -0.15) is 11.8 Å². The molecular formula is C10H22BrNS. The fourth-order valence-corrected chi connectivity index (χ4v) is 2.67. The fourth-order valence-electron chi connectivity index (χ4n) is 1.06. The number of rotatable bonds is 8. The second kappa shape index (κ2) is 9.35. The van der Waals surface area contributed by atoms with Gasteiger partial charge in [0.2, 0.25) is 0 Å². The van der Waals surface area contributed by atoms with Gasteiger partial charge >= 0.3 is 0 Å². The van der Waals surface area contributed by atoms with Crippen molar-refractivity contribution in [1.29, 1.82) is 0 Å². The average Bonchev–Trinajstić information content (AvgIpc) is 2.18. The minimum Gasteiger partial charge on any atom is -0.303 e. The highest BCUT2D eigenvalue weighted by Crippen LogP contribution is 2.10. The number of thioether (sulfide) groups is 1. The first kappa shape index (κ1) is 13.8. The van der Waals surface area contributed by atoms with E-state index in [1.165, 1.54) is 31.1 Å². The van der Waals surface area contributed by atoms with E-state index in [1.54, 1.807) is 0 Å². The largest absolute Gasteiger partial charge is 0.303 e. The zero-order chi connectivity index (χ0) is 10.1. The molecule has 0 N–H and O–H groups in total. The summed E-state index contributed by atoms with van der Waals surface area (Å²) in [4.78, 5) is 2.48. The predicted octanol–water partition coefficient (Wildman–Crippen LogP) is 3.09. The van der Waals surface area contributed by atoms with Gasteiger partial charge in [-0.1, -0.05) is 36.7 Å². The van der Waals surface area contributed by atoms with Gasteiger partial charge in [-0.15, -0.1) is 0 Å². The molecule has 1 nitrogen and oxygen atoms in total. The Balaban J connectivity index is 3.23. The Hall–Kier alpha value is 0.790. The van der Waals surface area contributed by atoms with E-state index in [2.05, 4.69) is 53.4 Å². The van der Waals surface area contributed by atoms with Crippen molar-refractivity contribution in [2.24, 2.45) is 5.92 Å². The summed E-state index contributed by atoms with van der Waals surface area (Å²) in [5.41, 5.74) is 0. The summed E-state index contributed by atoms with van der Waals surface area (Å²) in [7, 11) is 0. The predicted molar refractivity (Wildman–Crippen MR) is 68.1 cm³/mol. The van der Waals surface area contributed by atoms with Crippen molar-refractivity contribution in [3.8, 4) is 0 Å². The van der Waals surface area contributed by atoms with Crippen LogP contribution in [0.4, 0.5) is 0 Å². The van der Waals surface area contributed by atoms with Gasteiger partial charge < -0.3 is 4.90 Å². The third-order valence-electron chi connectivity index (χ3n) is 2.11. The average molecular weight is 268 g/mol. The summed E-state index contributed by atoms with van der Waals surface area (Å²) in [5.74, 6) is 3.37. The van der Waals surface area contributed by atoms with Gasteiger partial charge in [0, 0.05) is 17.6 Å². The quantitative estimate of drug-likeness (QED) is 0.491. The molecule has 0 heterocycles. The molecule has 0 saturated heterocycles. The first-order valence-corrected chi connectivity index (χ1v) is 7.38. The minimum atomic E-state index is 0.807. The number of alkyl halides is 1. The van der Waals surface area contributed by atoms with Crippen LogP contribution in [0.15, 0.2) is 0 Å². The molecule has 0 aliphatic rings. The van der Waals surface area contributed by atoms with Crippen LogP contribution in [0.1, 0.15) is 20.8 Å². The van der Waals surface area contributed by atoms with Crippen molar-refractivity contribution in [3.63, 3.8) is 0 Å². The van der Waals surface area contributed by atoms with Gasteiger partial charge in [-0.25, -0.2) is 0 Å². The molecule has 0 aliphatic heterocycles. The van der Waals surface area contributed by atoms with Crippen LogP contribution < -0.4 is 0 Å². The van der Waals surface area contributed by atoms with Gasteiger partial charge in [-0.05, 0) is 24.8 Å². The topological polar surface area (TPSA) is 3.24 Å². The van der Waals surface area contributed by atoms with Crippen molar-refractivity contribution in [2.45, 2.75) is 20.8 Å². The van der Waals surface area contributed by atoms with Crippen LogP contribution in [0.25, 0.3) is 0 Å². The van der Waals surface area contributed by atoms with Crippen molar-refractivity contribution in [2.75, 3.05) is 36.5 Å². The molecule has 80 valence electrons. The van der Waals surface area contributed by atoms with Crippen molar-refractivity contribution in [3.05, 3.63) is 0 Å². The monoisotopic (exact) mass is 267 g/mol. The van der Waals surface area contributed by atoms with Crippen LogP contribution in [0.5, 0.6) is 0 Å². The molecule has 3 heteroatoms. The third-order valence-corrected chi connectivity index (χ3v) is 4.49. The van der Waals surface area contributed by atoms with Crippen molar-refractivity contribution >= 4 is 27.7 Å². The lowest BCUT2D eigenvalue weighted by atomic mass is 10.3. The molecule has 0 fully saturated rings. The summed E-state index contributed by atoms with van der Waals surface area (Å²) in [6, 6.07) is 0. The smallest absolute Gasteiger partial charge is 0.00721 e. The molecule has 0 spiro atoms. The molecule has 0 saturated carbocycles. The second-order valence-corrected chi connectivity index (χ2v) is 5.16. The van der Waals surface area contributed by atoms with E-state index in [0.717, 1.165) is 11.2 Å². The number of halogens is 1. The third kappa shape index (κ3) is 7.83. The molecule has 0 rings (SSSR count). The molecule has 13 heavy (non-hydrogen) atoms. The summed E-state index contributed by atoms with van der Waals surface area (Å²) < 4.78 is 0. The van der Waals surface area contributed by atoms with Crippen molar-refractivity contribution < 1.29 is 0 Å². The van der Waals surface area contributed by atoms with Crippen molar-refractivity contribution in [1.82, 2.24) is 4.90 Å². The first-order valence-electron chi connectivity index (χ1n) is 5.10. The van der Waals surface area contributed by atoms with E-state index >= 15 is 0 Å². The molecule has 0 amide bonds. The first-order chi connectivity index (χ1) is 6.24. The molecule has 0 aromatic rings. The van der Waals surface area contributed by atoms with Gasteiger partial charge in [0.15, 0.2) is 0 Å². The molecule has 0 aromatic carbocycles. The lowest BCUT2D eigenvalue weighted by Crippen LogP contribution is -2.25. The lowest BCUT2D eigenvalue weighted by Gasteiger charge is -2.17. The number of hydrogen-bond donors (Lipinski definition) is 0. The van der Waals surface area contributed by atoms with Crippen LogP contribution >= 0.6 is 27.7 Å². The van der Waals surface area contributed by atoms with E-state index in [4.69, 9.17) is 0 Å². The molecule has 1 unspecified atom stereocenters. The summed E-state index contributed by atoms with van der Waals surface area (Å²) >= 11 is 5.57. The normalized spacial score (nSPS) is 13.6. The van der Waals surface area contributed by atoms with Crippen LogP contribution in [-0.2, 0) is 0 Å². The Morgan fingerprint density at radius 2 is 1.92 bits per heavy atom. The minimum absolute atomic E-state index is 0.807. The highest BCUT2D eigenvalue weighted by Gasteiger charge is 2.01. The molecule has 0 bridgehead atoms. The Morgan fingerprint density at radius 3 is 2.38 bits per heavy atom. The zero-order valence-electron chi connectivity index (χ0n) is 9.05. The second-order valence-electron chi connectivity index (χ2n) is 3.36. The fraction of sp³-hybridized carbons (Fsp3) is 1.00. The van der Waals surface area contributed by atoms with Gasteiger partial charge in [0.05, 0.1) is 0 Å². The maximum atomic E-state index is 3.50. The number of nitrogens with zero attached hydrogens (tertiary/aromatic N) is 1. The maximum absolute atomic E-state index is 3.50. The highest BCUT2D eigenvalue weighted by atomic mass is 79.9. The van der Waals surface area contributed by atoms with Crippen LogP contribution in [0.3, 0.4) is 0 Å². The van der Waals surface area contributed by atoms with E-state index in [-0.39, 0.29) is 0 Å². The Kier molecular flexibility index (Phi) is 9.92. The highest BCUT2D eigenvalue weighted by molar-refractivity contribution is 9.09. The molecule has 0 aliphatic carbocycles. The molecule has 1 atom stereocenters. The molecule has 0 radical (unpaired) electrons. The van der Waals surface area contributed by atoms with Gasteiger partial charge in [-0.3, -0.25) is 0 Å². The summed E-state index contributed by atoms with van der Waals surface area (Å²) in [5, 5.41) is 1.13. The van der Waals surface area contributed by atoms with Crippen LogP contribution in [0, 0.1) is 5.92 Å². The summed E-state index contributed by atoms with van der Waals surface area (Å²) in [6.07, 6.45) is 0. The number of hydrogen-bond acceptors (Lipinski definition) is 2. The Bertz CT molecular complexity index is 107. The van der Waals surface area contributed by atoms with Crippen LogP contribution in [0.2, 0.25) is 0 Å². The standard InChI is InChI=1S/C10H22BrNS/c1-4-12(5-2)6-7-13-9-10(3)8-11/h10H,4-9H2,1-3H3. The van der Waals surface area contributed by atoms with Gasteiger partial charge in [0.25, 0.3) is 0 Å². The van der Waals surface area contributed by atoms with E-state index < -0.39 is 0 Å². The van der Waals surface area contributed by atoms with Crippen LogP contribution in [-0.4, -0.2) is 41.4 Å². The van der Waals surface area contributed by atoms with E-state index in [9.17, 15) is 0 Å². The van der Waals surface area contributed by atoms with E-state index in [0.29, 0.717) is 0 Å². The van der Waals surface area contributed by atoms with Gasteiger partial charge in [0.1, 0.15) is 0 Å². The molecule has 0 aromatic heterocycles. The Labute approximate surface area is 95.8 Å². The summed E-state index contributed by atoms with van der Waals surface area (Å²) in [6.45, 7) is 10.4. The maximum Gasteiger partial charge on any atom is 0.00721 e. The van der Waals surface area contributed by atoms with E-state index in [1.807, 2.05) is 0 Å². The SMILES string of the molecule is CCN(CC)CCSCC(C)CBr. The Morgan fingerprint density at radius 1 is 1.31 bits per heavy atom.